The van der Waals surface area contributed by atoms with Crippen LogP contribution >= 0.6 is 22.7 Å². The van der Waals surface area contributed by atoms with Crippen LogP contribution in [0.3, 0.4) is 0 Å². The fraction of sp³-hybridized carbons (Fsp3) is 0.462. The number of anilines is 2. The molecular weight excluding hydrogens is 306 g/mol. The molecule has 0 aliphatic rings. The van der Waals surface area contributed by atoms with Crippen LogP contribution in [0.4, 0.5) is 10.9 Å². The zero-order valence-corrected chi connectivity index (χ0v) is 13.7. The third-order valence-electron chi connectivity index (χ3n) is 2.68. The van der Waals surface area contributed by atoms with Crippen LogP contribution in [0.15, 0.2) is 5.38 Å². The van der Waals surface area contributed by atoms with Crippen molar-refractivity contribution in [3.05, 3.63) is 21.0 Å². The van der Waals surface area contributed by atoms with E-state index in [1.165, 1.54) is 11.3 Å². The Kier molecular flexibility index (Phi) is 5.51. The molecule has 0 saturated heterocycles. The Balaban J connectivity index is 1.86. The van der Waals surface area contributed by atoms with Crippen molar-refractivity contribution in [2.45, 2.75) is 26.7 Å². The molecule has 114 valence electrons. The molecule has 0 aliphatic carbocycles. The lowest BCUT2D eigenvalue weighted by Gasteiger charge is -2.02. The summed E-state index contributed by atoms with van der Waals surface area (Å²) in [7, 11) is 0. The van der Waals surface area contributed by atoms with Crippen molar-refractivity contribution in [2.75, 3.05) is 24.1 Å². The van der Waals surface area contributed by atoms with E-state index < -0.39 is 0 Å². The van der Waals surface area contributed by atoms with Gasteiger partial charge in [-0.05, 0) is 13.3 Å². The van der Waals surface area contributed by atoms with Crippen LogP contribution in [0, 0.1) is 6.92 Å². The molecule has 0 aromatic carbocycles. The Morgan fingerprint density at radius 3 is 2.86 bits per heavy atom. The summed E-state index contributed by atoms with van der Waals surface area (Å²) < 4.78 is 0. The Morgan fingerprint density at radius 2 is 2.19 bits per heavy atom. The largest absolute Gasteiger partial charge is 0.382 e. The number of nitrogens with one attached hydrogen (secondary N) is 2. The van der Waals surface area contributed by atoms with Gasteiger partial charge in [0.05, 0.1) is 5.01 Å². The first-order valence-corrected chi connectivity index (χ1v) is 8.49. The van der Waals surface area contributed by atoms with E-state index in [0.29, 0.717) is 16.6 Å². The minimum atomic E-state index is -0.178. The molecule has 2 heterocycles. The summed E-state index contributed by atoms with van der Waals surface area (Å²) in [6.07, 6.45) is 1.72. The second-order valence-electron chi connectivity index (χ2n) is 4.55. The van der Waals surface area contributed by atoms with Crippen molar-refractivity contribution in [3.8, 4) is 0 Å². The van der Waals surface area contributed by atoms with Gasteiger partial charge in [-0.3, -0.25) is 4.79 Å². The number of aryl methyl sites for hydroxylation is 1. The second kappa shape index (κ2) is 7.37. The number of carbonyl (C=O) groups is 1. The van der Waals surface area contributed by atoms with Crippen LogP contribution in [-0.4, -0.2) is 29.0 Å². The number of hydrogen-bond acceptors (Lipinski definition) is 7. The summed E-state index contributed by atoms with van der Waals surface area (Å²) in [6, 6.07) is 0. The smallest absolute Gasteiger partial charge is 0.265 e. The Bertz CT molecular complexity index is 607. The maximum Gasteiger partial charge on any atom is 0.265 e. The van der Waals surface area contributed by atoms with E-state index in [9.17, 15) is 4.79 Å². The van der Waals surface area contributed by atoms with Crippen molar-refractivity contribution in [3.63, 3.8) is 0 Å². The summed E-state index contributed by atoms with van der Waals surface area (Å²) in [6.45, 7) is 5.39. The second-order valence-corrected chi connectivity index (χ2v) is 6.49. The third kappa shape index (κ3) is 4.40. The summed E-state index contributed by atoms with van der Waals surface area (Å²) in [5.41, 5.74) is 6.80. The Labute approximate surface area is 131 Å². The van der Waals surface area contributed by atoms with E-state index in [4.69, 9.17) is 5.73 Å². The van der Waals surface area contributed by atoms with Gasteiger partial charge in [0, 0.05) is 30.6 Å². The molecule has 2 aromatic rings. The first kappa shape index (κ1) is 15.7. The predicted molar refractivity (Wildman–Crippen MR) is 88.2 cm³/mol. The fourth-order valence-corrected chi connectivity index (χ4v) is 3.29. The zero-order valence-electron chi connectivity index (χ0n) is 12.1. The number of nitrogen functional groups attached to an aromatic ring is 1. The Morgan fingerprint density at radius 1 is 1.38 bits per heavy atom. The third-order valence-corrected chi connectivity index (χ3v) is 4.73. The number of nitrogens with zero attached hydrogens (tertiary/aromatic N) is 2. The number of thiazole rings is 2. The summed E-state index contributed by atoms with van der Waals surface area (Å²) in [5, 5.41) is 9.71. The number of nitrogens with two attached hydrogens (primary N) is 1. The molecule has 0 spiro atoms. The first-order valence-electron chi connectivity index (χ1n) is 6.79. The summed E-state index contributed by atoms with van der Waals surface area (Å²) in [4.78, 5) is 21.1. The van der Waals surface area contributed by atoms with Crippen molar-refractivity contribution in [2.24, 2.45) is 0 Å². The lowest BCUT2D eigenvalue weighted by atomic mass is 10.4. The molecule has 6 nitrogen and oxygen atoms in total. The summed E-state index contributed by atoms with van der Waals surface area (Å²) >= 11 is 2.89. The highest BCUT2D eigenvalue weighted by atomic mass is 32.1. The number of aromatic nitrogens is 2. The quantitative estimate of drug-likeness (QED) is 0.726. The highest BCUT2D eigenvalue weighted by molar-refractivity contribution is 7.18. The van der Waals surface area contributed by atoms with Crippen molar-refractivity contribution in [1.82, 2.24) is 15.3 Å². The zero-order chi connectivity index (χ0) is 15.2. The van der Waals surface area contributed by atoms with E-state index in [-0.39, 0.29) is 11.7 Å². The Hall–Kier alpha value is -1.67. The lowest BCUT2D eigenvalue weighted by Crippen LogP contribution is -2.25. The minimum Gasteiger partial charge on any atom is -0.382 e. The van der Waals surface area contributed by atoms with Crippen LogP contribution < -0.4 is 16.4 Å². The first-order chi connectivity index (χ1) is 10.1. The van der Waals surface area contributed by atoms with Crippen molar-refractivity contribution >= 4 is 39.5 Å². The topological polar surface area (TPSA) is 92.9 Å². The molecule has 2 rings (SSSR count). The molecule has 1 amide bonds. The molecule has 21 heavy (non-hydrogen) atoms. The monoisotopic (exact) mass is 325 g/mol. The van der Waals surface area contributed by atoms with E-state index in [1.807, 2.05) is 12.3 Å². The predicted octanol–water partition coefficient (Wildman–Crippen LogP) is 2.28. The van der Waals surface area contributed by atoms with Crippen LogP contribution in [0.25, 0.3) is 0 Å². The van der Waals surface area contributed by atoms with Gasteiger partial charge >= 0.3 is 0 Å². The molecule has 2 aromatic heterocycles. The minimum absolute atomic E-state index is 0.178. The molecule has 0 atom stereocenters. The van der Waals surface area contributed by atoms with E-state index in [1.54, 1.807) is 11.3 Å². The lowest BCUT2D eigenvalue weighted by molar-refractivity contribution is 0.0959. The van der Waals surface area contributed by atoms with Crippen molar-refractivity contribution in [1.29, 1.82) is 0 Å². The van der Waals surface area contributed by atoms with E-state index >= 15 is 0 Å². The van der Waals surface area contributed by atoms with Gasteiger partial charge in [0.2, 0.25) is 0 Å². The SMILES string of the molecule is CCCNc1nc(N)c(C(=O)NCCc2nc(C)cs2)s1. The summed E-state index contributed by atoms with van der Waals surface area (Å²) in [5.74, 6) is 0.101. The van der Waals surface area contributed by atoms with Crippen molar-refractivity contribution < 1.29 is 4.79 Å². The highest BCUT2D eigenvalue weighted by Gasteiger charge is 2.15. The van der Waals surface area contributed by atoms with Gasteiger partial charge in [0.1, 0.15) is 10.7 Å². The van der Waals surface area contributed by atoms with Crippen LogP contribution in [0.5, 0.6) is 0 Å². The van der Waals surface area contributed by atoms with Gasteiger partial charge < -0.3 is 16.4 Å². The maximum absolute atomic E-state index is 12.1. The van der Waals surface area contributed by atoms with Gasteiger partial charge in [0.15, 0.2) is 5.13 Å². The molecule has 0 bridgehead atoms. The van der Waals surface area contributed by atoms with E-state index in [0.717, 1.165) is 30.1 Å². The van der Waals surface area contributed by atoms with E-state index in [2.05, 4.69) is 27.5 Å². The molecule has 8 heteroatoms. The number of hydrogen-bond donors (Lipinski definition) is 3. The van der Waals surface area contributed by atoms with Gasteiger partial charge in [-0.15, -0.1) is 11.3 Å². The standard InChI is InChI=1S/C13H19N5OS2/c1-3-5-16-13-18-11(14)10(21-13)12(19)15-6-4-9-17-8(2)7-20-9/h7H,3-6,14H2,1-2H3,(H,15,19)(H,16,18). The number of amides is 1. The number of carbonyl (C=O) groups excluding carboxylic acids is 1. The van der Waals surface area contributed by atoms with Gasteiger partial charge in [-0.25, -0.2) is 9.97 Å². The molecule has 0 aliphatic heterocycles. The van der Waals surface area contributed by atoms with Gasteiger partial charge in [0.25, 0.3) is 5.91 Å². The molecule has 0 saturated carbocycles. The highest BCUT2D eigenvalue weighted by Crippen LogP contribution is 2.24. The molecule has 4 N–H and O–H groups in total. The maximum atomic E-state index is 12.1. The van der Waals surface area contributed by atoms with Gasteiger partial charge in [-0.2, -0.15) is 0 Å². The number of rotatable bonds is 7. The average Bonchev–Trinajstić information content (AvgIpc) is 3.02. The van der Waals surface area contributed by atoms with Crippen LogP contribution in [0.1, 0.15) is 33.7 Å². The van der Waals surface area contributed by atoms with Crippen LogP contribution in [-0.2, 0) is 6.42 Å². The van der Waals surface area contributed by atoms with Crippen LogP contribution in [0.2, 0.25) is 0 Å². The van der Waals surface area contributed by atoms with Gasteiger partial charge in [-0.1, -0.05) is 18.3 Å². The average molecular weight is 325 g/mol. The molecular formula is C13H19N5OS2. The molecule has 0 radical (unpaired) electrons. The normalized spacial score (nSPS) is 10.6. The molecule has 0 fully saturated rings. The fourth-order valence-electron chi connectivity index (χ4n) is 1.68. The molecule has 0 unspecified atom stereocenters.